The molecule has 54 valence electrons. The molecule has 0 fully saturated rings. The monoisotopic (exact) mass is 135 g/mol. The highest BCUT2D eigenvalue weighted by atomic mass is 16.6. The molecule has 0 bridgehead atoms. The van der Waals surface area contributed by atoms with Gasteiger partial charge in [-0.1, -0.05) is 0 Å². The van der Waals surface area contributed by atoms with E-state index in [2.05, 4.69) is 15.9 Å². The Morgan fingerprint density at radius 1 is 1.56 bits per heavy atom. The number of hydrogen-bond donors (Lipinski definition) is 4. The van der Waals surface area contributed by atoms with E-state index in [-0.39, 0.29) is 0 Å². The largest absolute Gasteiger partial charge is 0.300 e. The average molecular weight is 135 g/mol. The fraction of sp³-hybridized carbons (Fsp3) is 1.00. The van der Waals surface area contributed by atoms with Crippen LogP contribution >= 0.6 is 0 Å². The molecule has 0 saturated carbocycles. The van der Waals surface area contributed by atoms with Crippen molar-refractivity contribution in [3.8, 4) is 0 Å². The smallest absolute Gasteiger partial charge is 0.243 e. The van der Waals surface area contributed by atoms with Gasteiger partial charge in [-0.15, -0.1) is 4.91 Å². The van der Waals surface area contributed by atoms with E-state index in [4.69, 9.17) is 17.2 Å². The second-order valence-electron chi connectivity index (χ2n) is 1.54. The summed E-state index contributed by atoms with van der Waals surface area (Å²) < 4.78 is 0. The highest BCUT2D eigenvalue weighted by Gasteiger charge is 2.29. The lowest BCUT2D eigenvalue weighted by Gasteiger charge is -2.20. The van der Waals surface area contributed by atoms with Gasteiger partial charge in [0.15, 0.2) is 6.23 Å². The second kappa shape index (κ2) is 2.80. The number of nitroso groups, excluding NO2 is 1. The summed E-state index contributed by atoms with van der Waals surface area (Å²) in [6, 6.07) is 0. The lowest BCUT2D eigenvalue weighted by atomic mass is 10.4. The Kier molecular flexibility index (Phi) is 2.62. The van der Waals surface area contributed by atoms with Crippen LogP contribution in [0.2, 0.25) is 0 Å². The van der Waals surface area contributed by atoms with E-state index in [0.29, 0.717) is 0 Å². The van der Waals surface area contributed by atoms with E-state index in [1.807, 2.05) is 0 Å². The molecule has 0 aromatic carbocycles. The van der Waals surface area contributed by atoms with Crippen LogP contribution in [0.25, 0.3) is 0 Å². The van der Waals surface area contributed by atoms with Gasteiger partial charge in [0.1, 0.15) is 0 Å². The molecule has 0 radical (unpaired) electrons. The quantitative estimate of drug-likeness (QED) is 0.191. The van der Waals surface area contributed by atoms with E-state index >= 15 is 0 Å². The topological polar surface area (TPSA) is 143 Å². The molecule has 0 aromatic rings. The first kappa shape index (κ1) is 8.40. The third kappa shape index (κ3) is 2.00. The normalized spacial score (nSPS) is 15.1. The minimum atomic E-state index is -1.95. The van der Waals surface area contributed by atoms with Crippen LogP contribution < -0.4 is 23.1 Å². The first-order chi connectivity index (χ1) is 4.04. The molecule has 7 heteroatoms. The molecule has 0 saturated heterocycles. The Morgan fingerprint density at radius 2 is 2.00 bits per heavy atom. The first-order valence-corrected chi connectivity index (χ1v) is 2.08. The second-order valence-corrected chi connectivity index (χ2v) is 1.54. The van der Waals surface area contributed by atoms with Crippen LogP contribution in [-0.4, -0.2) is 12.0 Å². The van der Waals surface area contributed by atoms with E-state index in [9.17, 15) is 4.91 Å². The predicted octanol–water partition coefficient (Wildman–Crippen LogP) is -2.50. The van der Waals surface area contributed by atoms with Gasteiger partial charge in [0.2, 0.25) is 5.79 Å². The summed E-state index contributed by atoms with van der Waals surface area (Å²) in [4.78, 5) is 13.7. The van der Waals surface area contributed by atoms with Crippen molar-refractivity contribution in [2.24, 2.45) is 28.3 Å². The van der Waals surface area contributed by atoms with E-state index in [1.54, 1.807) is 0 Å². The zero-order valence-corrected chi connectivity index (χ0v) is 4.65. The van der Waals surface area contributed by atoms with Crippen LogP contribution in [0.15, 0.2) is 5.18 Å². The maximum Gasteiger partial charge on any atom is 0.243 e. The third-order valence-corrected chi connectivity index (χ3v) is 0.760. The average Bonchev–Trinajstić information content (AvgIpc) is 1.86. The van der Waals surface area contributed by atoms with Crippen molar-refractivity contribution in [3.63, 3.8) is 0 Å². The molecule has 0 aliphatic carbocycles. The van der Waals surface area contributed by atoms with Crippen LogP contribution in [0.4, 0.5) is 0 Å². The lowest BCUT2D eigenvalue weighted by Crippen LogP contribution is -2.62. The molecule has 0 rings (SSSR count). The summed E-state index contributed by atoms with van der Waals surface area (Å²) in [7, 11) is 0. The van der Waals surface area contributed by atoms with E-state index < -0.39 is 12.0 Å². The Bertz CT molecular complexity index is 103. The summed E-state index contributed by atoms with van der Waals surface area (Å²) in [5, 5.41) is 2.27. The van der Waals surface area contributed by atoms with Gasteiger partial charge in [-0.2, -0.15) is 0 Å². The van der Waals surface area contributed by atoms with Crippen molar-refractivity contribution in [1.82, 2.24) is 0 Å². The van der Waals surface area contributed by atoms with Crippen molar-refractivity contribution in [2.45, 2.75) is 12.0 Å². The van der Waals surface area contributed by atoms with Gasteiger partial charge < -0.3 is 0 Å². The minimum Gasteiger partial charge on any atom is -0.300 e. The van der Waals surface area contributed by atoms with Gasteiger partial charge in [-0.25, -0.2) is 5.90 Å². The van der Waals surface area contributed by atoms with Crippen LogP contribution in [0, 0.1) is 4.91 Å². The van der Waals surface area contributed by atoms with Crippen LogP contribution in [0.3, 0.4) is 0 Å². The fourth-order valence-electron chi connectivity index (χ4n) is 0.161. The molecule has 9 heavy (non-hydrogen) atoms. The SMILES string of the molecule is NOC(N)C(N)(N)N=O. The highest BCUT2D eigenvalue weighted by Crippen LogP contribution is 1.95. The van der Waals surface area contributed by atoms with Gasteiger partial charge in [0, 0.05) is 0 Å². The molecular weight excluding hydrogens is 126 g/mol. The summed E-state index contributed by atoms with van der Waals surface area (Å²) in [5.74, 6) is 2.60. The molecule has 0 amide bonds. The van der Waals surface area contributed by atoms with Crippen molar-refractivity contribution in [1.29, 1.82) is 0 Å². The molecule has 1 atom stereocenters. The molecular formula is C2H9N5O2. The Hall–Kier alpha value is -0.600. The van der Waals surface area contributed by atoms with Gasteiger partial charge in [0.05, 0.1) is 0 Å². The number of hydrogen-bond acceptors (Lipinski definition) is 7. The zero-order valence-electron chi connectivity index (χ0n) is 4.65. The van der Waals surface area contributed by atoms with E-state index in [0.717, 1.165) is 0 Å². The minimum absolute atomic E-state index is 1.28. The van der Waals surface area contributed by atoms with Gasteiger partial charge >= 0.3 is 0 Å². The molecule has 0 aromatic heterocycles. The molecule has 0 spiro atoms. The summed E-state index contributed by atoms with van der Waals surface area (Å²) in [5.41, 5.74) is 14.8. The van der Waals surface area contributed by atoms with Crippen molar-refractivity contribution in [2.75, 3.05) is 0 Å². The standard InChI is InChI=1S/C2H9N5O2/c3-1(9-6)2(4,5)7-8/h1H,3-6H2. The van der Waals surface area contributed by atoms with Gasteiger partial charge in [-0.05, 0) is 5.18 Å². The molecule has 0 aliphatic heterocycles. The summed E-state index contributed by atoms with van der Waals surface area (Å²) in [6.07, 6.45) is -1.28. The predicted molar refractivity (Wildman–Crippen MR) is 30.1 cm³/mol. The van der Waals surface area contributed by atoms with Crippen molar-refractivity contribution >= 4 is 0 Å². The van der Waals surface area contributed by atoms with Crippen LogP contribution in [-0.2, 0) is 4.84 Å². The Balaban J connectivity index is 3.95. The maximum absolute atomic E-state index is 9.71. The van der Waals surface area contributed by atoms with Crippen molar-refractivity contribution in [3.05, 3.63) is 4.91 Å². The van der Waals surface area contributed by atoms with E-state index in [1.165, 1.54) is 0 Å². The highest BCUT2D eigenvalue weighted by molar-refractivity contribution is 4.78. The summed E-state index contributed by atoms with van der Waals surface area (Å²) >= 11 is 0. The first-order valence-electron chi connectivity index (χ1n) is 2.08. The number of nitrogens with two attached hydrogens (primary N) is 4. The van der Waals surface area contributed by atoms with Gasteiger partial charge in [-0.3, -0.25) is 22.0 Å². The van der Waals surface area contributed by atoms with Gasteiger partial charge in [0.25, 0.3) is 0 Å². The lowest BCUT2D eigenvalue weighted by molar-refractivity contribution is 0.00557. The van der Waals surface area contributed by atoms with Crippen LogP contribution in [0.1, 0.15) is 0 Å². The molecule has 1 unspecified atom stereocenters. The van der Waals surface area contributed by atoms with Crippen molar-refractivity contribution < 1.29 is 4.84 Å². The fourth-order valence-corrected chi connectivity index (χ4v) is 0.161. The number of nitrogens with zero attached hydrogens (tertiary/aromatic N) is 1. The molecule has 7 nitrogen and oxygen atoms in total. The molecule has 8 N–H and O–H groups in total. The Labute approximate surface area is 51.2 Å². The Morgan fingerprint density at radius 3 is 2.11 bits per heavy atom. The summed E-state index contributed by atoms with van der Waals surface area (Å²) in [6.45, 7) is 0. The number of rotatable bonds is 3. The third-order valence-electron chi connectivity index (χ3n) is 0.760. The maximum atomic E-state index is 9.71. The molecule has 0 aliphatic rings. The van der Waals surface area contributed by atoms with Crippen LogP contribution in [0.5, 0.6) is 0 Å². The zero-order chi connectivity index (χ0) is 7.49. The molecule has 0 heterocycles.